The SMILES string of the molecule is O=C(Nc1ccc(C(F)(F)F)cc1)c1nc(N2CCCC2)ncc1Cl. The molecular formula is C16H14ClF3N4O. The molecule has 1 aromatic heterocycles. The number of aromatic nitrogens is 2. The quantitative estimate of drug-likeness (QED) is 0.887. The zero-order chi connectivity index (χ0) is 18.0. The predicted octanol–water partition coefficient (Wildman–Crippen LogP) is 4.00. The molecular weight excluding hydrogens is 357 g/mol. The monoisotopic (exact) mass is 370 g/mol. The number of nitrogens with zero attached hydrogens (tertiary/aromatic N) is 3. The van der Waals surface area contributed by atoms with Crippen molar-refractivity contribution in [2.75, 3.05) is 23.3 Å². The summed E-state index contributed by atoms with van der Waals surface area (Å²) in [5, 5.41) is 2.57. The normalized spacial score (nSPS) is 14.6. The van der Waals surface area contributed by atoms with Crippen LogP contribution in [0.15, 0.2) is 30.5 Å². The van der Waals surface area contributed by atoms with Crippen LogP contribution in [0.25, 0.3) is 0 Å². The minimum atomic E-state index is -4.43. The summed E-state index contributed by atoms with van der Waals surface area (Å²) in [6.45, 7) is 1.61. The Hall–Kier alpha value is -2.35. The van der Waals surface area contributed by atoms with Gasteiger partial charge in [-0.2, -0.15) is 13.2 Å². The van der Waals surface area contributed by atoms with Crippen LogP contribution in [0.3, 0.4) is 0 Å². The van der Waals surface area contributed by atoms with Crippen molar-refractivity contribution in [2.45, 2.75) is 19.0 Å². The van der Waals surface area contributed by atoms with Gasteiger partial charge in [0.1, 0.15) is 0 Å². The number of hydrogen-bond donors (Lipinski definition) is 1. The van der Waals surface area contributed by atoms with E-state index in [0.717, 1.165) is 38.1 Å². The van der Waals surface area contributed by atoms with Gasteiger partial charge >= 0.3 is 6.18 Å². The van der Waals surface area contributed by atoms with Gasteiger partial charge in [0, 0.05) is 18.8 Å². The lowest BCUT2D eigenvalue weighted by atomic mass is 10.2. The smallest absolute Gasteiger partial charge is 0.341 e. The van der Waals surface area contributed by atoms with Crippen molar-refractivity contribution in [1.82, 2.24) is 9.97 Å². The van der Waals surface area contributed by atoms with Crippen LogP contribution in [0.1, 0.15) is 28.9 Å². The maximum atomic E-state index is 12.6. The lowest BCUT2D eigenvalue weighted by Gasteiger charge is -2.16. The summed E-state index contributed by atoms with van der Waals surface area (Å²) in [6.07, 6.45) is -1.02. The molecule has 0 radical (unpaired) electrons. The Morgan fingerprint density at radius 3 is 2.40 bits per heavy atom. The van der Waals surface area contributed by atoms with Crippen molar-refractivity contribution in [3.8, 4) is 0 Å². The van der Waals surface area contributed by atoms with E-state index in [1.54, 1.807) is 0 Å². The second kappa shape index (κ2) is 6.87. The molecule has 0 unspecified atom stereocenters. The zero-order valence-electron chi connectivity index (χ0n) is 13.0. The van der Waals surface area contributed by atoms with Gasteiger partial charge in [-0.1, -0.05) is 11.6 Å². The second-order valence-corrected chi connectivity index (χ2v) is 6.00. The van der Waals surface area contributed by atoms with Crippen LogP contribution in [-0.4, -0.2) is 29.0 Å². The summed E-state index contributed by atoms with van der Waals surface area (Å²) >= 11 is 6.00. The molecule has 1 aliphatic rings. The molecule has 3 rings (SSSR count). The number of halogens is 4. The van der Waals surface area contributed by atoms with E-state index in [2.05, 4.69) is 15.3 Å². The van der Waals surface area contributed by atoms with Crippen LogP contribution in [0.5, 0.6) is 0 Å². The van der Waals surface area contributed by atoms with Gasteiger partial charge in [-0.05, 0) is 37.1 Å². The lowest BCUT2D eigenvalue weighted by molar-refractivity contribution is -0.137. The average Bonchev–Trinajstić information content (AvgIpc) is 3.09. The summed E-state index contributed by atoms with van der Waals surface area (Å²) < 4.78 is 37.7. The molecule has 1 aliphatic heterocycles. The molecule has 1 amide bonds. The molecule has 0 bridgehead atoms. The van der Waals surface area contributed by atoms with E-state index in [9.17, 15) is 18.0 Å². The molecule has 0 spiro atoms. The Bertz CT molecular complexity index is 774. The largest absolute Gasteiger partial charge is 0.416 e. The van der Waals surface area contributed by atoms with Crippen LogP contribution in [-0.2, 0) is 6.18 Å². The lowest BCUT2D eigenvalue weighted by Crippen LogP contribution is -2.23. The van der Waals surface area contributed by atoms with E-state index in [4.69, 9.17) is 11.6 Å². The third-order valence-corrected chi connectivity index (χ3v) is 4.08. The number of carbonyl (C=O) groups is 1. The average molecular weight is 371 g/mol. The number of hydrogen-bond acceptors (Lipinski definition) is 4. The summed E-state index contributed by atoms with van der Waals surface area (Å²) in [4.78, 5) is 22.6. The molecule has 1 fully saturated rings. The molecule has 0 atom stereocenters. The molecule has 9 heteroatoms. The first kappa shape index (κ1) is 17.5. The van der Waals surface area contributed by atoms with E-state index in [1.165, 1.54) is 18.3 Å². The maximum Gasteiger partial charge on any atom is 0.416 e. The van der Waals surface area contributed by atoms with E-state index in [0.29, 0.717) is 5.95 Å². The highest BCUT2D eigenvalue weighted by molar-refractivity contribution is 6.34. The zero-order valence-corrected chi connectivity index (χ0v) is 13.7. The van der Waals surface area contributed by atoms with Crippen molar-refractivity contribution < 1.29 is 18.0 Å². The minimum Gasteiger partial charge on any atom is -0.341 e. The third-order valence-electron chi connectivity index (χ3n) is 3.81. The Morgan fingerprint density at radius 2 is 1.80 bits per heavy atom. The van der Waals surface area contributed by atoms with E-state index in [-0.39, 0.29) is 16.4 Å². The molecule has 132 valence electrons. The predicted molar refractivity (Wildman–Crippen MR) is 87.9 cm³/mol. The highest BCUT2D eigenvalue weighted by Gasteiger charge is 2.30. The number of carbonyl (C=O) groups excluding carboxylic acids is 1. The van der Waals surface area contributed by atoms with Gasteiger partial charge in [0.25, 0.3) is 5.91 Å². The van der Waals surface area contributed by atoms with Gasteiger partial charge in [0.15, 0.2) is 5.69 Å². The topological polar surface area (TPSA) is 58.1 Å². The van der Waals surface area contributed by atoms with Crippen LogP contribution in [0.4, 0.5) is 24.8 Å². The fraction of sp³-hybridized carbons (Fsp3) is 0.312. The molecule has 1 saturated heterocycles. The second-order valence-electron chi connectivity index (χ2n) is 5.59. The highest BCUT2D eigenvalue weighted by atomic mass is 35.5. The first-order chi connectivity index (χ1) is 11.8. The molecule has 2 aromatic rings. The van der Waals surface area contributed by atoms with Gasteiger partial charge in [-0.15, -0.1) is 0 Å². The van der Waals surface area contributed by atoms with Gasteiger partial charge in [-0.25, -0.2) is 9.97 Å². The van der Waals surface area contributed by atoms with Crippen molar-refractivity contribution >= 4 is 29.1 Å². The molecule has 0 saturated carbocycles. The summed E-state index contributed by atoms with van der Waals surface area (Å²) in [6, 6.07) is 4.15. The highest BCUT2D eigenvalue weighted by Crippen LogP contribution is 2.30. The minimum absolute atomic E-state index is 0.0153. The molecule has 2 heterocycles. The number of nitrogens with one attached hydrogen (secondary N) is 1. The molecule has 1 N–H and O–H groups in total. The number of amides is 1. The fourth-order valence-electron chi connectivity index (χ4n) is 2.52. The Labute approximate surface area is 146 Å². The standard InChI is InChI=1S/C16H14ClF3N4O/c17-12-9-21-15(24-7-1-2-8-24)23-13(12)14(25)22-11-5-3-10(4-6-11)16(18,19)20/h3-6,9H,1-2,7-8H2,(H,22,25). The molecule has 1 aromatic carbocycles. The Morgan fingerprint density at radius 1 is 1.16 bits per heavy atom. The summed E-state index contributed by atoms with van der Waals surface area (Å²) in [7, 11) is 0. The first-order valence-electron chi connectivity index (χ1n) is 7.61. The Kier molecular flexibility index (Phi) is 4.80. The number of benzene rings is 1. The summed E-state index contributed by atoms with van der Waals surface area (Å²) in [5.41, 5.74) is -0.587. The van der Waals surface area contributed by atoms with Gasteiger partial charge < -0.3 is 10.2 Å². The molecule has 25 heavy (non-hydrogen) atoms. The van der Waals surface area contributed by atoms with E-state index in [1.807, 2.05) is 4.90 Å². The van der Waals surface area contributed by atoms with Crippen LogP contribution >= 0.6 is 11.6 Å². The summed E-state index contributed by atoms with van der Waals surface area (Å²) in [5.74, 6) is -0.188. The van der Waals surface area contributed by atoms with Crippen molar-refractivity contribution in [2.24, 2.45) is 0 Å². The molecule has 0 aliphatic carbocycles. The van der Waals surface area contributed by atoms with Crippen molar-refractivity contribution in [3.05, 3.63) is 46.7 Å². The third kappa shape index (κ3) is 4.01. The van der Waals surface area contributed by atoms with Crippen LogP contribution < -0.4 is 10.2 Å². The number of rotatable bonds is 3. The number of alkyl halides is 3. The molecule has 5 nitrogen and oxygen atoms in total. The number of anilines is 2. The van der Waals surface area contributed by atoms with Gasteiger partial charge in [0.2, 0.25) is 5.95 Å². The van der Waals surface area contributed by atoms with Crippen LogP contribution in [0.2, 0.25) is 5.02 Å². The van der Waals surface area contributed by atoms with Crippen LogP contribution in [0, 0.1) is 0 Å². The van der Waals surface area contributed by atoms with E-state index >= 15 is 0 Å². The van der Waals surface area contributed by atoms with Gasteiger partial charge in [-0.3, -0.25) is 4.79 Å². The van der Waals surface area contributed by atoms with Gasteiger partial charge in [0.05, 0.1) is 16.8 Å². The van der Waals surface area contributed by atoms with Crippen molar-refractivity contribution in [1.29, 1.82) is 0 Å². The Balaban J connectivity index is 1.77. The van der Waals surface area contributed by atoms with Crippen molar-refractivity contribution in [3.63, 3.8) is 0 Å². The van der Waals surface area contributed by atoms with E-state index < -0.39 is 17.6 Å². The first-order valence-corrected chi connectivity index (χ1v) is 7.98. The fourth-order valence-corrected chi connectivity index (χ4v) is 2.70. The maximum absolute atomic E-state index is 12.6.